The third-order valence-corrected chi connectivity index (χ3v) is 10.5. The minimum Gasteiger partial charge on any atom is -0.308 e. The van der Waals surface area contributed by atoms with Gasteiger partial charge in [-0.2, -0.15) is 0 Å². The zero-order chi connectivity index (χ0) is 29.9. The third-order valence-electron chi connectivity index (χ3n) is 10.5. The van der Waals surface area contributed by atoms with Crippen LogP contribution in [0.5, 0.6) is 0 Å². The molecule has 0 saturated carbocycles. The number of imidazole rings is 1. The van der Waals surface area contributed by atoms with E-state index >= 15 is 0 Å². The maximum Gasteiger partial charge on any atom is 0.137 e. The largest absolute Gasteiger partial charge is 0.308 e. The van der Waals surface area contributed by atoms with Gasteiger partial charge in [0.25, 0.3) is 0 Å². The molecule has 3 nitrogen and oxygen atoms in total. The van der Waals surface area contributed by atoms with Gasteiger partial charge in [0.05, 0.1) is 16.7 Å². The number of hydrogen-bond donors (Lipinski definition) is 0. The molecule has 0 spiro atoms. The Bertz CT molecular complexity index is 2490. The number of fused-ring (bicyclic) bond motifs is 10. The first kappa shape index (κ1) is 25.0. The van der Waals surface area contributed by atoms with Crippen molar-refractivity contribution in [1.82, 2.24) is 14.0 Å². The zero-order valence-corrected chi connectivity index (χ0v) is 25.3. The van der Waals surface area contributed by atoms with Crippen LogP contribution in [-0.4, -0.2) is 14.0 Å². The lowest BCUT2D eigenvalue weighted by molar-refractivity contribution is 0.579. The van der Waals surface area contributed by atoms with Gasteiger partial charge in [-0.3, -0.25) is 0 Å². The molecule has 3 aromatic heterocycles. The Kier molecular flexibility index (Phi) is 4.90. The van der Waals surface area contributed by atoms with Crippen molar-refractivity contribution in [3.05, 3.63) is 156 Å². The zero-order valence-electron chi connectivity index (χ0n) is 25.3. The van der Waals surface area contributed by atoms with Crippen LogP contribution >= 0.6 is 0 Å². The van der Waals surface area contributed by atoms with Gasteiger partial charge in [0, 0.05) is 51.1 Å². The van der Waals surface area contributed by atoms with Gasteiger partial charge in [-0.15, -0.1) is 0 Å². The minimum atomic E-state index is -0.0976. The molecule has 10 rings (SSSR count). The van der Waals surface area contributed by atoms with Crippen LogP contribution in [0.25, 0.3) is 60.7 Å². The summed E-state index contributed by atoms with van der Waals surface area (Å²) >= 11 is 0. The van der Waals surface area contributed by atoms with Crippen molar-refractivity contribution < 1.29 is 0 Å². The van der Waals surface area contributed by atoms with Crippen LogP contribution in [0.15, 0.2) is 145 Å². The molecule has 214 valence electrons. The Morgan fingerprint density at radius 1 is 0.778 bits per heavy atom. The van der Waals surface area contributed by atoms with E-state index in [1.54, 1.807) is 5.57 Å². The molecule has 45 heavy (non-hydrogen) atoms. The van der Waals surface area contributed by atoms with Crippen LogP contribution in [0.1, 0.15) is 31.4 Å². The molecule has 3 heterocycles. The summed E-state index contributed by atoms with van der Waals surface area (Å²) in [4.78, 5) is 4.89. The summed E-state index contributed by atoms with van der Waals surface area (Å²) in [5.41, 5.74) is 14.0. The summed E-state index contributed by atoms with van der Waals surface area (Å²) in [6, 6.07) is 33.3. The maximum atomic E-state index is 4.89. The van der Waals surface area contributed by atoms with Crippen LogP contribution in [0.2, 0.25) is 0 Å². The highest BCUT2D eigenvalue weighted by atomic mass is 15.0. The van der Waals surface area contributed by atoms with E-state index in [0.717, 1.165) is 23.3 Å². The number of aromatic nitrogens is 3. The summed E-state index contributed by atoms with van der Waals surface area (Å²) in [5.74, 6) is 0.458. The van der Waals surface area contributed by atoms with Gasteiger partial charge in [0.15, 0.2) is 0 Å². The van der Waals surface area contributed by atoms with E-state index in [9.17, 15) is 0 Å². The number of allylic oxidation sites excluding steroid dienone is 8. The van der Waals surface area contributed by atoms with E-state index in [0.29, 0.717) is 5.92 Å². The second-order valence-electron chi connectivity index (χ2n) is 13.3. The third kappa shape index (κ3) is 3.38. The SMILES string of the molecule is CC1(C)C2=C(C=C3C=CC=CC3C2)c2ccc3c4ccc5ccccc5c4n(-c4ccc(-c5cn6ccccc6n5)cc4)c3c21. The van der Waals surface area contributed by atoms with Crippen LogP contribution in [0, 0.1) is 5.92 Å². The summed E-state index contributed by atoms with van der Waals surface area (Å²) < 4.78 is 4.64. The Balaban J connectivity index is 1.25. The van der Waals surface area contributed by atoms with Gasteiger partial charge in [-0.1, -0.05) is 117 Å². The molecule has 3 heteroatoms. The van der Waals surface area contributed by atoms with Gasteiger partial charge < -0.3 is 8.97 Å². The molecule has 1 unspecified atom stereocenters. The topological polar surface area (TPSA) is 22.2 Å². The second kappa shape index (κ2) is 8.83. The van der Waals surface area contributed by atoms with Gasteiger partial charge in [0.1, 0.15) is 5.65 Å². The van der Waals surface area contributed by atoms with E-state index in [2.05, 4.69) is 144 Å². The molecule has 1 atom stereocenters. The highest BCUT2D eigenvalue weighted by molar-refractivity contribution is 6.20. The van der Waals surface area contributed by atoms with Crippen LogP contribution in [-0.2, 0) is 5.41 Å². The number of hydrogen-bond acceptors (Lipinski definition) is 1. The van der Waals surface area contributed by atoms with E-state index in [1.807, 2.05) is 12.1 Å². The molecule has 0 bridgehead atoms. The van der Waals surface area contributed by atoms with Crippen molar-refractivity contribution in [2.45, 2.75) is 25.7 Å². The second-order valence-corrected chi connectivity index (χ2v) is 13.3. The number of nitrogens with zero attached hydrogens (tertiary/aromatic N) is 3. The van der Waals surface area contributed by atoms with Crippen molar-refractivity contribution in [3.63, 3.8) is 0 Å². The maximum absolute atomic E-state index is 4.89. The molecule has 7 aromatic rings. The molecule has 0 radical (unpaired) electrons. The van der Waals surface area contributed by atoms with Crippen molar-refractivity contribution in [3.8, 4) is 16.9 Å². The fraction of sp³-hybridized carbons (Fsp3) is 0.119. The van der Waals surface area contributed by atoms with Crippen LogP contribution in [0.3, 0.4) is 0 Å². The van der Waals surface area contributed by atoms with E-state index in [-0.39, 0.29) is 5.41 Å². The molecule has 0 aliphatic heterocycles. The summed E-state index contributed by atoms with van der Waals surface area (Å²) in [6.07, 6.45) is 16.8. The van der Waals surface area contributed by atoms with Crippen molar-refractivity contribution >= 4 is 43.8 Å². The highest BCUT2D eigenvalue weighted by Gasteiger charge is 2.42. The van der Waals surface area contributed by atoms with E-state index < -0.39 is 0 Å². The van der Waals surface area contributed by atoms with Crippen LogP contribution < -0.4 is 0 Å². The molecular formula is C42H31N3. The Hall–Kier alpha value is -5.41. The standard InChI is InChI=1S/C42H31N3/c1-42(2)36-24-29-11-4-3-10-28(29)23-35(36)32-20-21-34-33-19-16-26-9-5-6-12-31(26)40(33)45(41(34)39(32)42)30-17-14-27(15-18-30)37-25-44-22-8-7-13-38(44)43-37/h3-23,25,29H,24H2,1-2H3. The fourth-order valence-corrected chi connectivity index (χ4v) is 8.34. The van der Waals surface area contributed by atoms with Crippen molar-refractivity contribution in [1.29, 1.82) is 0 Å². The van der Waals surface area contributed by atoms with Gasteiger partial charge >= 0.3 is 0 Å². The Labute approximate surface area is 261 Å². The molecule has 3 aliphatic carbocycles. The predicted octanol–water partition coefficient (Wildman–Crippen LogP) is 10.4. The first-order valence-electron chi connectivity index (χ1n) is 15.9. The van der Waals surface area contributed by atoms with Crippen LogP contribution in [0.4, 0.5) is 0 Å². The van der Waals surface area contributed by atoms with Crippen molar-refractivity contribution in [2.75, 3.05) is 0 Å². The van der Waals surface area contributed by atoms with E-state index in [4.69, 9.17) is 4.98 Å². The number of rotatable bonds is 2. The lowest BCUT2D eigenvalue weighted by atomic mass is 9.73. The lowest BCUT2D eigenvalue weighted by Crippen LogP contribution is -2.22. The molecule has 0 fully saturated rings. The summed E-state index contributed by atoms with van der Waals surface area (Å²) in [6.45, 7) is 4.89. The quantitative estimate of drug-likeness (QED) is 0.200. The Morgan fingerprint density at radius 2 is 1.60 bits per heavy atom. The minimum absolute atomic E-state index is 0.0976. The fourth-order valence-electron chi connectivity index (χ4n) is 8.34. The highest BCUT2D eigenvalue weighted by Crippen LogP contribution is 2.56. The first-order valence-corrected chi connectivity index (χ1v) is 15.9. The summed E-state index contributed by atoms with van der Waals surface area (Å²) in [5, 5.41) is 5.16. The molecule has 4 aromatic carbocycles. The van der Waals surface area contributed by atoms with Gasteiger partial charge in [-0.05, 0) is 58.3 Å². The normalized spacial score (nSPS) is 18.2. The first-order chi connectivity index (χ1) is 22.1. The molecule has 3 aliphatic rings. The molecule has 0 amide bonds. The molecular weight excluding hydrogens is 546 g/mol. The lowest BCUT2D eigenvalue weighted by Gasteiger charge is -2.31. The van der Waals surface area contributed by atoms with Crippen molar-refractivity contribution in [2.24, 2.45) is 5.92 Å². The predicted molar refractivity (Wildman–Crippen MR) is 187 cm³/mol. The van der Waals surface area contributed by atoms with Gasteiger partial charge in [0.2, 0.25) is 0 Å². The van der Waals surface area contributed by atoms with E-state index in [1.165, 1.54) is 60.5 Å². The smallest absolute Gasteiger partial charge is 0.137 e. The Morgan fingerprint density at radius 3 is 2.49 bits per heavy atom. The van der Waals surface area contributed by atoms with Gasteiger partial charge in [-0.25, -0.2) is 4.98 Å². The molecule has 0 saturated heterocycles. The average molecular weight is 578 g/mol. The number of pyridine rings is 1. The molecule has 0 N–H and O–H groups in total. The number of benzene rings is 4. The summed E-state index contributed by atoms with van der Waals surface area (Å²) in [7, 11) is 0. The average Bonchev–Trinajstić information content (AvgIpc) is 3.73. The monoisotopic (exact) mass is 577 g/mol.